The maximum atomic E-state index is 12.3. The van der Waals surface area contributed by atoms with Crippen LogP contribution in [0, 0.1) is 0 Å². The first-order valence-electron chi connectivity index (χ1n) is 6.43. The number of carbonyl (C=O) groups is 2. The number of hydrogen-bond donors (Lipinski definition) is 2. The number of ether oxygens (including phenoxy) is 1. The highest BCUT2D eigenvalue weighted by molar-refractivity contribution is 6.12. The molecule has 0 fully saturated rings. The van der Waals surface area contributed by atoms with Crippen molar-refractivity contribution in [2.75, 3.05) is 0 Å². The molecular weight excluding hydrogens is 284 g/mol. The minimum Gasteiger partial charge on any atom is -0.507 e. The van der Waals surface area contributed by atoms with E-state index in [0.29, 0.717) is 0 Å². The zero-order valence-corrected chi connectivity index (χ0v) is 11.9. The molecule has 0 unspecified atom stereocenters. The van der Waals surface area contributed by atoms with Crippen molar-refractivity contribution in [3.63, 3.8) is 0 Å². The standard InChI is InChI=1S/C17H14O5/c1-10(2)17(21)22-11-7-8-13(15(19)9-11)16(20)12-5-3-4-6-14(12)18/h3-9,18-19H,1H2,2H3. The molecule has 0 saturated carbocycles. The molecule has 112 valence electrons. The Balaban J connectivity index is 2.30. The van der Waals surface area contributed by atoms with Crippen LogP contribution in [0.15, 0.2) is 54.6 Å². The van der Waals surface area contributed by atoms with Gasteiger partial charge in [-0.1, -0.05) is 18.7 Å². The van der Waals surface area contributed by atoms with Crippen molar-refractivity contribution in [3.8, 4) is 17.2 Å². The number of ketones is 1. The SMILES string of the molecule is C=C(C)C(=O)Oc1ccc(C(=O)c2ccccc2O)c(O)c1. The average molecular weight is 298 g/mol. The van der Waals surface area contributed by atoms with Gasteiger partial charge in [-0.2, -0.15) is 0 Å². The van der Waals surface area contributed by atoms with Gasteiger partial charge >= 0.3 is 5.97 Å². The molecule has 22 heavy (non-hydrogen) atoms. The Hall–Kier alpha value is -3.08. The van der Waals surface area contributed by atoms with Gasteiger partial charge in [0.05, 0.1) is 11.1 Å². The van der Waals surface area contributed by atoms with Crippen LogP contribution < -0.4 is 4.74 Å². The number of esters is 1. The minimum atomic E-state index is -0.626. The van der Waals surface area contributed by atoms with Crippen LogP contribution in [0.25, 0.3) is 0 Å². The second-order valence-electron chi connectivity index (χ2n) is 4.70. The fourth-order valence-electron chi connectivity index (χ4n) is 1.77. The molecule has 0 amide bonds. The smallest absolute Gasteiger partial charge is 0.338 e. The Bertz CT molecular complexity index is 761. The largest absolute Gasteiger partial charge is 0.507 e. The van der Waals surface area contributed by atoms with Crippen LogP contribution in [-0.2, 0) is 4.79 Å². The predicted octanol–water partition coefficient (Wildman–Crippen LogP) is 2.81. The second kappa shape index (κ2) is 6.13. The Morgan fingerprint density at radius 2 is 1.64 bits per heavy atom. The fourth-order valence-corrected chi connectivity index (χ4v) is 1.77. The zero-order chi connectivity index (χ0) is 16.3. The zero-order valence-electron chi connectivity index (χ0n) is 11.9. The highest BCUT2D eigenvalue weighted by Crippen LogP contribution is 2.28. The third kappa shape index (κ3) is 3.15. The van der Waals surface area contributed by atoms with Crippen LogP contribution >= 0.6 is 0 Å². The number of phenolic OH excluding ortho intramolecular Hbond substituents is 2. The fraction of sp³-hybridized carbons (Fsp3) is 0.0588. The maximum absolute atomic E-state index is 12.3. The van der Waals surface area contributed by atoms with E-state index < -0.39 is 11.8 Å². The molecule has 0 heterocycles. The van der Waals surface area contributed by atoms with Crippen LogP contribution in [-0.4, -0.2) is 22.0 Å². The number of carbonyl (C=O) groups excluding carboxylic acids is 2. The molecule has 0 aliphatic heterocycles. The summed E-state index contributed by atoms with van der Waals surface area (Å²) in [6, 6.07) is 9.89. The second-order valence-corrected chi connectivity index (χ2v) is 4.70. The highest BCUT2D eigenvalue weighted by Gasteiger charge is 2.17. The molecule has 0 radical (unpaired) electrons. The van der Waals surface area contributed by atoms with Crippen LogP contribution in [0.1, 0.15) is 22.8 Å². The number of benzene rings is 2. The summed E-state index contributed by atoms with van der Waals surface area (Å²) in [6.07, 6.45) is 0. The summed E-state index contributed by atoms with van der Waals surface area (Å²) in [5, 5.41) is 19.6. The van der Waals surface area contributed by atoms with Crippen molar-refractivity contribution >= 4 is 11.8 Å². The average Bonchev–Trinajstić information content (AvgIpc) is 2.47. The summed E-state index contributed by atoms with van der Waals surface area (Å²) in [5.74, 6) is -1.59. The maximum Gasteiger partial charge on any atom is 0.338 e. The lowest BCUT2D eigenvalue weighted by Crippen LogP contribution is -2.08. The van der Waals surface area contributed by atoms with E-state index in [4.69, 9.17) is 4.74 Å². The molecule has 0 atom stereocenters. The Labute approximate surface area is 127 Å². The Morgan fingerprint density at radius 3 is 2.23 bits per heavy atom. The monoisotopic (exact) mass is 298 g/mol. The summed E-state index contributed by atoms with van der Waals surface area (Å²) in [4.78, 5) is 23.7. The summed E-state index contributed by atoms with van der Waals surface area (Å²) < 4.78 is 4.96. The van der Waals surface area contributed by atoms with Gasteiger partial charge in [-0.25, -0.2) is 4.79 Å². The molecule has 0 aliphatic rings. The summed E-state index contributed by atoms with van der Waals surface area (Å²) >= 11 is 0. The quantitative estimate of drug-likeness (QED) is 0.392. The molecule has 5 heteroatoms. The third-order valence-corrected chi connectivity index (χ3v) is 2.92. The van der Waals surface area contributed by atoms with Gasteiger partial charge in [-0.15, -0.1) is 0 Å². The lowest BCUT2D eigenvalue weighted by atomic mass is 10.0. The van der Waals surface area contributed by atoms with Gasteiger partial charge in [0.15, 0.2) is 5.78 Å². The van der Waals surface area contributed by atoms with Crippen molar-refractivity contribution in [3.05, 3.63) is 65.7 Å². The molecule has 2 rings (SSSR count). The first-order chi connectivity index (χ1) is 10.4. The number of phenols is 2. The number of para-hydroxylation sites is 1. The van der Waals surface area contributed by atoms with E-state index in [-0.39, 0.29) is 33.9 Å². The Morgan fingerprint density at radius 1 is 1.00 bits per heavy atom. The van der Waals surface area contributed by atoms with Crippen molar-refractivity contribution < 1.29 is 24.5 Å². The lowest BCUT2D eigenvalue weighted by Gasteiger charge is -2.08. The van der Waals surface area contributed by atoms with Gasteiger partial charge in [0.25, 0.3) is 0 Å². The summed E-state index contributed by atoms with van der Waals surface area (Å²) in [6.45, 7) is 4.95. The summed E-state index contributed by atoms with van der Waals surface area (Å²) in [7, 11) is 0. The van der Waals surface area contributed by atoms with E-state index in [1.165, 1.54) is 31.2 Å². The molecular formula is C17H14O5. The van der Waals surface area contributed by atoms with Crippen LogP contribution in [0.2, 0.25) is 0 Å². The number of hydrogen-bond acceptors (Lipinski definition) is 5. The van der Waals surface area contributed by atoms with Gasteiger partial charge in [0.2, 0.25) is 0 Å². The molecule has 2 aromatic carbocycles. The van der Waals surface area contributed by atoms with Crippen LogP contribution in [0.3, 0.4) is 0 Å². The van der Waals surface area contributed by atoms with Crippen LogP contribution in [0.4, 0.5) is 0 Å². The summed E-state index contributed by atoms with van der Waals surface area (Å²) in [5.41, 5.74) is 0.287. The molecule has 0 aliphatic carbocycles. The minimum absolute atomic E-state index is 0.00313. The van der Waals surface area contributed by atoms with E-state index in [1.54, 1.807) is 12.1 Å². The Kier molecular flexibility index (Phi) is 4.27. The van der Waals surface area contributed by atoms with Crippen molar-refractivity contribution in [2.45, 2.75) is 6.92 Å². The van der Waals surface area contributed by atoms with E-state index in [0.717, 1.165) is 6.07 Å². The third-order valence-electron chi connectivity index (χ3n) is 2.92. The highest BCUT2D eigenvalue weighted by atomic mass is 16.5. The van der Waals surface area contributed by atoms with Crippen molar-refractivity contribution in [1.29, 1.82) is 0 Å². The van der Waals surface area contributed by atoms with Crippen molar-refractivity contribution in [2.24, 2.45) is 0 Å². The van der Waals surface area contributed by atoms with E-state index in [2.05, 4.69) is 6.58 Å². The number of rotatable bonds is 4. The molecule has 0 saturated heterocycles. The molecule has 0 spiro atoms. The molecule has 0 aromatic heterocycles. The van der Waals surface area contributed by atoms with Gasteiger partial charge in [-0.05, 0) is 31.2 Å². The van der Waals surface area contributed by atoms with Crippen LogP contribution in [0.5, 0.6) is 17.2 Å². The van der Waals surface area contributed by atoms with E-state index in [1.807, 2.05) is 0 Å². The topological polar surface area (TPSA) is 83.8 Å². The predicted molar refractivity (Wildman–Crippen MR) is 80.1 cm³/mol. The molecule has 2 N–H and O–H groups in total. The van der Waals surface area contributed by atoms with Gasteiger partial charge in [0, 0.05) is 11.6 Å². The normalized spacial score (nSPS) is 10.0. The molecule has 2 aromatic rings. The first-order valence-corrected chi connectivity index (χ1v) is 6.43. The van der Waals surface area contributed by atoms with Gasteiger partial charge < -0.3 is 14.9 Å². The molecule has 0 bridgehead atoms. The van der Waals surface area contributed by atoms with E-state index in [9.17, 15) is 19.8 Å². The lowest BCUT2D eigenvalue weighted by molar-refractivity contribution is -0.130. The van der Waals surface area contributed by atoms with E-state index >= 15 is 0 Å². The van der Waals surface area contributed by atoms with Gasteiger partial charge in [0.1, 0.15) is 17.2 Å². The number of aromatic hydroxyl groups is 2. The van der Waals surface area contributed by atoms with Gasteiger partial charge in [-0.3, -0.25) is 4.79 Å². The van der Waals surface area contributed by atoms with Crippen molar-refractivity contribution in [1.82, 2.24) is 0 Å². The first kappa shape index (κ1) is 15.3. The molecule has 5 nitrogen and oxygen atoms in total.